The van der Waals surface area contributed by atoms with Crippen molar-refractivity contribution in [3.8, 4) is 11.5 Å². The second-order valence-corrected chi connectivity index (χ2v) is 5.57. The maximum atomic E-state index is 12.2. The maximum Gasteiger partial charge on any atom is 0.323 e. The summed E-state index contributed by atoms with van der Waals surface area (Å²) < 4.78 is 10.4. The summed E-state index contributed by atoms with van der Waals surface area (Å²) in [6, 6.07) is 7.87. The fraction of sp³-hybridized carbons (Fsp3) is 0.188. The Balaban J connectivity index is 2.20. The van der Waals surface area contributed by atoms with E-state index >= 15 is 0 Å². The Morgan fingerprint density at radius 3 is 2.17 bits per heavy atom. The standard InChI is InChI=1S/C16H16Cl2N2O3/c1-9-6-12(15(23-3)8-11(9)18)19-16(21)20-13-7-10(17)4-5-14(13)22-2/h4-8H,1-3H3,(H2,19,20,21). The zero-order valence-electron chi connectivity index (χ0n) is 12.9. The monoisotopic (exact) mass is 354 g/mol. The Morgan fingerprint density at radius 2 is 1.57 bits per heavy atom. The molecule has 0 heterocycles. The number of urea groups is 1. The Kier molecular flexibility index (Phi) is 5.58. The van der Waals surface area contributed by atoms with Crippen LogP contribution in [0.25, 0.3) is 0 Å². The average molecular weight is 355 g/mol. The first-order valence-corrected chi connectivity index (χ1v) is 7.46. The van der Waals surface area contributed by atoms with Crippen LogP contribution in [-0.2, 0) is 0 Å². The number of nitrogens with one attached hydrogen (secondary N) is 2. The lowest BCUT2D eigenvalue weighted by Crippen LogP contribution is -2.20. The van der Waals surface area contributed by atoms with Gasteiger partial charge in [0.1, 0.15) is 11.5 Å². The van der Waals surface area contributed by atoms with E-state index in [0.717, 1.165) is 5.56 Å². The van der Waals surface area contributed by atoms with Gasteiger partial charge in [-0.3, -0.25) is 0 Å². The number of methoxy groups -OCH3 is 2. The molecule has 2 aromatic carbocycles. The predicted octanol–water partition coefficient (Wildman–Crippen LogP) is 4.96. The van der Waals surface area contributed by atoms with Gasteiger partial charge < -0.3 is 20.1 Å². The van der Waals surface area contributed by atoms with E-state index in [4.69, 9.17) is 32.7 Å². The molecule has 23 heavy (non-hydrogen) atoms. The van der Waals surface area contributed by atoms with Crippen molar-refractivity contribution < 1.29 is 14.3 Å². The molecule has 0 unspecified atom stereocenters. The fourth-order valence-electron chi connectivity index (χ4n) is 1.98. The van der Waals surface area contributed by atoms with Crippen molar-refractivity contribution in [3.63, 3.8) is 0 Å². The van der Waals surface area contributed by atoms with Crippen molar-refractivity contribution in [3.05, 3.63) is 45.9 Å². The average Bonchev–Trinajstić information content (AvgIpc) is 2.50. The van der Waals surface area contributed by atoms with E-state index in [1.807, 2.05) is 6.92 Å². The highest BCUT2D eigenvalue weighted by molar-refractivity contribution is 6.31. The summed E-state index contributed by atoms with van der Waals surface area (Å²) in [4.78, 5) is 12.2. The predicted molar refractivity (Wildman–Crippen MR) is 93.4 cm³/mol. The molecule has 0 aliphatic heterocycles. The SMILES string of the molecule is COc1ccc(Cl)cc1NC(=O)Nc1cc(C)c(Cl)cc1OC. The summed E-state index contributed by atoms with van der Waals surface area (Å²) in [6.45, 7) is 1.84. The van der Waals surface area contributed by atoms with Gasteiger partial charge in [0.05, 0.1) is 25.6 Å². The van der Waals surface area contributed by atoms with Crippen molar-refractivity contribution in [2.24, 2.45) is 0 Å². The molecule has 2 rings (SSSR count). The van der Waals surface area contributed by atoms with E-state index in [1.165, 1.54) is 14.2 Å². The number of aryl methyl sites for hydroxylation is 1. The first-order valence-electron chi connectivity index (χ1n) is 6.70. The molecule has 122 valence electrons. The van der Waals surface area contributed by atoms with Gasteiger partial charge in [0.15, 0.2) is 0 Å². The number of halogens is 2. The van der Waals surface area contributed by atoms with Crippen LogP contribution in [0.4, 0.5) is 16.2 Å². The molecule has 0 saturated heterocycles. The van der Waals surface area contributed by atoms with Gasteiger partial charge in [0, 0.05) is 16.1 Å². The lowest BCUT2D eigenvalue weighted by Gasteiger charge is -2.14. The zero-order valence-corrected chi connectivity index (χ0v) is 14.4. The van der Waals surface area contributed by atoms with Crippen LogP contribution in [-0.4, -0.2) is 20.3 Å². The van der Waals surface area contributed by atoms with Crippen LogP contribution in [0.5, 0.6) is 11.5 Å². The molecule has 0 radical (unpaired) electrons. The minimum atomic E-state index is -0.453. The second kappa shape index (κ2) is 7.44. The second-order valence-electron chi connectivity index (χ2n) is 4.73. The molecule has 2 aromatic rings. The number of ether oxygens (including phenoxy) is 2. The molecular formula is C16H16Cl2N2O3. The number of carbonyl (C=O) groups excluding carboxylic acids is 1. The Labute approximate surface area is 144 Å². The van der Waals surface area contributed by atoms with E-state index in [-0.39, 0.29) is 0 Å². The number of hydrogen-bond donors (Lipinski definition) is 2. The topological polar surface area (TPSA) is 59.6 Å². The Hall–Kier alpha value is -2.11. The summed E-state index contributed by atoms with van der Waals surface area (Å²) in [7, 11) is 3.02. The van der Waals surface area contributed by atoms with E-state index < -0.39 is 6.03 Å². The molecule has 7 heteroatoms. The molecule has 0 fully saturated rings. The highest BCUT2D eigenvalue weighted by Crippen LogP contribution is 2.32. The van der Waals surface area contributed by atoms with Crippen molar-refractivity contribution in [1.82, 2.24) is 0 Å². The first kappa shape index (κ1) is 17.2. The van der Waals surface area contributed by atoms with Crippen molar-refractivity contribution in [1.29, 1.82) is 0 Å². The normalized spacial score (nSPS) is 10.1. The van der Waals surface area contributed by atoms with Crippen molar-refractivity contribution in [2.45, 2.75) is 6.92 Å². The molecule has 2 amide bonds. The highest BCUT2D eigenvalue weighted by atomic mass is 35.5. The van der Waals surface area contributed by atoms with Crippen LogP contribution in [0.1, 0.15) is 5.56 Å². The van der Waals surface area contributed by atoms with Gasteiger partial charge >= 0.3 is 6.03 Å². The molecule has 0 atom stereocenters. The minimum Gasteiger partial charge on any atom is -0.495 e. The number of amides is 2. The summed E-state index contributed by atoms with van der Waals surface area (Å²) >= 11 is 12.0. The zero-order chi connectivity index (χ0) is 17.0. The largest absolute Gasteiger partial charge is 0.495 e. The van der Waals surface area contributed by atoms with Crippen LogP contribution in [0.2, 0.25) is 10.0 Å². The Morgan fingerprint density at radius 1 is 0.957 bits per heavy atom. The summed E-state index contributed by atoms with van der Waals surface area (Å²) in [5.74, 6) is 0.970. The molecular weight excluding hydrogens is 339 g/mol. The number of rotatable bonds is 4. The van der Waals surface area contributed by atoms with E-state index in [9.17, 15) is 4.79 Å². The molecule has 0 aromatic heterocycles. The molecule has 0 spiro atoms. The third-order valence-corrected chi connectivity index (χ3v) is 3.78. The van der Waals surface area contributed by atoms with Crippen LogP contribution in [0.15, 0.2) is 30.3 Å². The lowest BCUT2D eigenvalue weighted by molar-refractivity contribution is 0.262. The van der Waals surface area contributed by atoms with Gasteiger partial charge in [-0.05, 0) is 36.8 Å². The Bertz CT molecular complexity index is 736. The van der Waals surface area contributed by atoms with E-state index in [0.29, 0.717) is 32.9 Å². The first-order chi connectivity index (χ1) is 10.9. The van der Waals surface area contributed by atoms with E-state index in [2.05, 4.69) is 10.6 Å². The quantitative estimate of drug-likeness (QED) is 0.815. The fourth-order valence-corrected chi connectivity index (χ4v) is 2.31. The van der Waals surface area contributed by atoms with Crippen molar-refractivity contribution in [2.75, 3.05) is 24.9 Å². The summed E-state index contributed by atoms with van der Waals surface area (Å²) in [5.41, 5.74) is 1.79. The molecule has 5 nitrogen and oxygen atoms in total. The van der Waals surface area contributed by atoms with Gasteiger partial charge in [-0.25, -0.2) is 4.79 Å². The van der Waals surface area contributed by atoms with Gasteiger partial charge in [-0.2, -0.15) is 0 Å². The van der Waals surface area contributed by atoms with Gasteiger partial charge in [-0.1, -0.05) is 23.2 Å². The molecule has 0 aliphatic carbocycles. The van der Waals surface area contributed by atoms with Gasteiger partial charge in [0.25, 0.3) is 0 Å². The molecule has 0 saturated carbocycles. The third-order valence-electron chi connectivity index (χ3n) is 3.14. The number of anilines is 2. The number of carbonyl (C=O) groups is 1. The number of benzene rings is 2. The van der Waals surface area contributed by atoms with Crippen LogP contribution in [0.3, 0.4) is 0 Å². The van der Waals surface area contributed by atoms with Gasteiger partial charge in [0.2, 0.25) is 0 Å². The van der Waals surface area contributed by atoms with Crippen LogP contribution >= 0.6 is 23.2 Å². The molecule has 2 N–H and O–H groups in total. The van der Waals surface area contributed by atoms with Crippen LogP contribution in [0, 0.1) is 6.92 Å². The summed E-state index contributed by atoms with van der Waals surface area (Å²) in [6.07, 6.45) is 0. The maximum absolute atomic E-state index is 12.2. The third kappa shape index (κ3) is 4.21. The van der Waals surface area contributed by atoms with E-state index in [1.54, 1.807) is 30.3 Å². The number of hydrogen-bond acceptors (Lipinski definition) is 3. The smallest absolute Gasteiger partial charge is 0.323 e. The highest BCUT2D eigenvalue weighted by Gasteiger charge is 2.12. The van der Waals surface area contributed by atoms with Crippen molar-refractivity contribution >= 4 is 40.6 Å². The molecule has 0 aliphatic rings. The lowest BCUT2D eigenvalue weighted by atomic mass is 10.2. The minimum absolute atomic E-state index is 0.453. The summed E-state index contributed by atoms with van der Waals surface area (Å²) in [5, 5.41) is 6.45. The van der Waals surface area contributed by atoms with Gasteiger partial charge in [-0.15, -0.1) is 0 Å². The molecule has 0 bridgehead atoms. The van der Waals surface area contributed by atoms with Crippen LogP contribution < -0.4 is 20.1 Å².